The largest absolute Gasteiger partial charge is 0.508 e. The maximum atomic E-state index is 8.65. The van der Waals surface area contributed by atoms with Crippen LogP contribution in [0.15, 0.2) is 86.5 Å². The summed E-state index contributed by atoms with van der Waals surface area (Å²) in [6.45, 7) is 11.6. The van der Waals surface area contributed by atoms with Gasteiger partial charge in [0.05, 0.1) is 0 Å². The molecule has 0 unspecified atom stereocenters. The van der Waals surface area contributed by atoms with Crippen molar-refractivity contribution in [3.05, 3.63) is 86.5 Å². The SMILES string of the molecule is C=CCBr.C=CCOc1cccc(OCC=C)c1.Oc1cccc(O)c1. The molecule has 0 atom stereocenters. The lowest BCUT2D eigenvalue weighted by molar-refractivity contribution is 0.345. The average molecular weight is 421 g/mol. The van der Waals surface area contributed by atoms with E-state index in [9.17, 15) is 0 Å². The van der Waals surface area contributed by atoms with Crippen LogP contribution in [0.1, 0.15) is 0 Å². The zero-order valence-corrected chi connectivity index (χ0v) is 16.3. The van der Waals surface area contributed by atoms with Crippen molar-refractivity contribution in [1.29, 1.82) is 0 Å². The van der Waals surface area contributed by atoms with E-state index >= 15 is 0 Å². The summed E-state index contributed by atoms with van der Waals surface area (Å²) in [4.78, 5) is 0. The van der Waals surface area contributed by atoms with Gasteiger partial charge in [-0.15, -0.1) is 6.58 Å². The summed E-state index contributed by atoms with van der Waals surface area (Å²) < 4.78 is 10.7. The molecule has 0 bridgehead atoms. The van der Waals surface area contributed by atoms with Crippen LogP contribution in [0.5, 0.6) is 23.0 Å². The zero-order valence-electron chi connectivity index (χ0n) is 14.7. The molecule has 2 rings (SSSR count). The Morgan fingerprint density at radius 1 is 0.769 bits per heavy atom. The van der Waals surface area contributed by atoms with Gasteiger partial charge in [-0.2, -0.15) is 0 Å². The fourth-order valence-corrected chi connectivity index (χ4v) is 1.46. The van der Waals surface area contributed by atoms with Crippen LogP contribution in [0.4, 0.5) is 0 Å². The number of rotatable bonds is 7. The predicted octanol–water partition coefficient (Wildman–Crippen LogP) is 5.48. The van der Waals surface area contributed by atoms with Crippen molar-refractivity contribution in [1.82, 2.24) is 0 Å². The van der Waals surface area contributed by atoms with Gasteiger partial charge in [-0.05, 0) is 24.3 Å². The van der Waals surface area contributed by atoms with Gasteiger partial charge in [-0.1, -0.05) is 59.4 Å². The molecule has 2 N–H and O–H groups in total. The number of phenols is 2. The second-order valence-corrected chi connectivity index (χ2v) is 5.28. The molecule has 0 saturated carbocycles. The Kier molecular flexibility index (Phi) is 14.2. The summed E-state index contributed by atoms with van der Waals surface area (Å²) in [6.07, 6.45) is 5.20. The number of ether oxygens (including phenoxy) is 2. The highest BCUT2D eigenvalue weighted by atomic mass is 79.9. The molecular weight excluding hydrogens is 396 g/mol. The number of allylic oxidation sites excluding steroid dienone is 1. The standard InChI is InChI=1S/C12H14O2.C6H6O2.C3H5Br/c1-3-8-13-11-6-5-7-12(10-11)14-9-4-2;7-5-2-1-3-6(8)4-5;1-2-3-4/h3-7,10H,1-2,8-9H2;1-4,7-8H;2H,1,3H2. The van der Waals surface area contributed by atoms with Crippen LogP contribution in [0.3, 0.4) is 0 Å². The van der Waals surface area contributed by atoms with Crippen molar-refractivity contribution in [2.24, 2.45) is 0 Å². The normalized spacial score (nSPS) is 8.65. The highest BCUT2D eigenvalue weighted by Crippen LogP contribution is 2.19. The van der Waals surface area contributed by atoms with Gasteiger partial charge in [0, 0.05) is 17.5 Å². The minimum absolute atomic E-state index is 0.0880. The van der Waals surface area contributed by atoms with E-state index in [1.54, 1.807) is 24.3 Å². The third-order valence-electron chi connectivity index (χ3n) is 2.48. The molecule has 5 heteroatoms. The lowest BCUT2D eigenvalue weighted by Gasteiger charge is -2.06. The summed E-state index contributed by atoms with van der Waals surface area (Å²) in [5.41, 5.74) is 0. The van der Waals surface area contributed by atoms with Gasteiger partial charge < -0.3 is 19.7 Å². The molecule has 0 heterocycles. The molecule has 0 fully saturated rings. The summed E-state index contributed by atoms with van der Waals surface area (Å²) in [6, 6.07) is 13.3. The number of aromatic hydroxyl groups is 2. The first-order chi connectivity index (χ1) is 12.6. The monoisotopic (exact) mass is 420 g/mol. The van der Waals surface area contributed by atoms with E-state index in [2.05, 4.69) is 35.7 Å². The maximum Gasteiger partial charge on any atom is 0.123 e. The summed E-state index contributed by atoms with van der Waals surface area (Å²) in [7, 11) is 0. The topological polar surface area (TPSA) is 58.9 Å². The third kappa shape index (κ3) is 12.7. The Bertz CT molecular complexity index is 611. The number of phenolic OH excluding ortho intramolecular Hbond substituents is 2. The average Bonchev–Trinajstić information content (AvgIpc) is 2.65. The van der Waals surface area contributed by atoms with Crippen LogP contribution in [-0.2, 0) is 0 Å². The first-order valence-electron chi connectivity index (χ1n) is 7.79. The van der Waals surface area contributed by atoms with E-state index in [-0.39, 0.29) is 11.5 Å². The molecule has 0 spiro atoms. The summed E-state index contributed by atoms with van der Waals surface area (Å²) in [5, 5.41) is 18.2. The van der Waals surface area contributed by atoms with Gasteiger partial charge in [-0.25, -0.2) is 0 Å². The molecule has 140 valence electrons. The molecular formula is C21H25BrO4. The van der Waals surface area contributed by atoms with Gasteiger partial charge in [0.2, 0.25) is 0 Å². The highest BCUT2D eigenvalue weighted by molar-refractivity contribution is 9.09. The van der Waals surface area contributed by atoms with Crippen molar-refractivity contribution in [3.8, 4) is 23.0 Å². The Balaban J connectivity index is 0.000000437. The molecule has 2 aromatic carbocycles. The predicted molar refractivity (Wildman–Crippen MR) is 112 cm³/mol. The Morgan fingerprint density at radius 2 is 1.19 bits per heavy atom. The minimum Gasteiger partial charge on any atom is -0.508 e. The third-order valence-corrected chi connectivity index (χ3v) is 2.94. The van der Waals surface area contributed by atoms with Crippen molar-refractivity contribution in [3.63, 3.8) is 0 Å². The lowest BCUT2D eigenvalue weighted by Crippen LogP contribution is -1.95. The molecule has 2 aromatic rings. The molecule has 4 nitrogen and oxygen atoms in total. The fourth-order valence-electron chi connectivity index (χ4n) is 1.46. The molecule has 0 aliphatic rings. The van der Waals surface area contributed by atoms with E-state index in [4.69, 9.17) is 19.7 Å². The summed E-state index contributed by atoms with van der Waals surface area (Å²) in [5.74, 6) is 1.74. The Morgan fingerprint density at radius 3 is 1.50 bits per heavy atom. The molecule has 0 aliphatic heterocycles. The van der Waals surface area contributed by atoms with Crippen molar-refractivity contribution < 1.29 is 19.7 Å². The van der Waals surface area contributed by atoms with E-state index in [1.165, 1.54) is 18.2 Å². The smallest absolute Gasteiger partial charge is 0.123 e. The molecule has 0 aliphatic carbocycles. The quantitative estimate of drug-likeness (QED) is 0.459. The summed E-state index contributed by atoms with van der Waals surface area (Å²) >= 11 is 3.13. The maximum absolute atomic E-state index is 8.65. The number of benzene rings is 2. The number of hydrogen-bond acceptors (Lipinski definition) is 4. The number of halogens is 1. The van der Waals surface area contributed by atoms with E-state index < -0.39 is 0 Å². The van der Waals surface area contributed by atoms with Gasteiger partial charge in [0.25, 0.3) is 0 Å². The van der Waals surface area contributed by atoms with Crippen LogP contribution >= 0.6 is 15.9 Å². The molecule has 0 saturated heterocycles. The Labute approximate surface area is 163 Å². The fraction of sp³-hybridized carbons (Fsp3) is 0.143. The van der Waals surface area contributed by atoms with Crippen molar-refractivity contribution in [2.75, 3.05) is 18.5 Å². The molecule has 0 radical (unpaired) electrons. The van der Waals surface area contributed by atoms with E-state index in [0.717, 1.165) is 16.8 Å². The van der Waals surface area contributed by atoms with Gasteiger partial charge in [0.15, 0.2) is 0 Å². The van der Waals surface area contributed by atoms with E-state index in [1.807, 2.05) is 24.3 Å². The zero-order chi connectivity index (χ0) is 19.6. The van der Waals surface area contributed by atoms with Crippen LogP contribution in [0.25, 0.3) is 0 Å². The van der Waals surface area contributed by atoms with Crippen LogP contribution in [-0.4, -0.2) is 28.8 Å². The van der Waals surface area contributed by atoms with E-state index in [0.29, 0.717) is 13.2 Å². The first-order valence-corrected chi connectivity index (χ1v) is 8.91. The van der Waals surface area contributed by atoms with Crippen LogP contribution in [0, 0.1) is 0 Å². The second-order valence-electron chi connectivity index (χ2n) is 4.64. The molecule has 26 heavy (non-hydrogen) atoms. The molecule has 0 aromatic heterocycles. The first kappa shape index (κ1) is 23.3. The molecule has 0 amide bonds. The number of alkyl halides is 1. The second kappa shape index (κ2) is 15.8. The Hall–Kier alpha value is -2.66. The van der Waals surface area contributed by atoms with Gasteiger partial charge in [-0.3, -0.25) is 0 Å². The van der Waals surface area contributed by atoms with Gasteiger partial charge in [0.1, 0.15) is 36.2 Å². The number of hydrogen-bond donors (Lipinski definition) is 2. The highest BCUT2D eigenvalue weighted by Gasteiger charge is 1.95. The van der Waals surface area contributed by atoms with Crippen molar-refractivity contribution in [2.45, 2.75) is 0 Å². The van der Waals surface area contributed by atoms with Crippen LogP contribution < -0.4 is 9.47 Å². The van der Waals surface area contributed by atoms with Crippen LogP contribution in [0.2, 0.25) is 0 Å². The minimum atomic E-state index is 0.0880. The van der Waals surface area contributed by atoms with Gasteiger partial charge >= 0.3 is 0 Å². The lowest BCUT2D eigenvalue weighted by atomic mass is 10.3. The van der Waals surface area contributed by atoms with Crippen molar-refractivity contribution >= 4 is 15.9 Å².